The van der Waals surface area contributed by atoms with Gasteiger partial charge in [0, 0.05) is 24.7 Å². The highest BCUT2D eigenvalue weighted by atomic mass is 35.5. The Morgan fingerprint density at radius 3 is 2.79 bits per heavy atom. The number of aromatic nitrogens is 3. The molecule has 1 amide bonds. The van der Waals surface area contributed by atoms with Crippen LogP contribution in [0.15, 0.2) is 35.3 Å². The number of benzene rings is 1. The smallest absolute Gasteiger partial charge is 0.293 e. The number of rotatable bonds is 7. The van der Waals surface area contributed by atoms with Crippen LogP contribution in [0.4, 0.5) is 11.5 Å². The molecular formula is C19H19Cl2N5O3. The fourth-order valence-electron chi connectivity index (χ4n) is 2.77. The molecule has 2 heterocycles. The Bertz CT molecular complexity index is 1120. The van der Waals surface area contributed by atoms with Crippen LogP contribution in [0.1, 0.15) is 13.3 Å². The second-order valence-corrected chi connectivity index (χ2v) is 6.91. The topological polar surface area (TPSA) is 98.1 Å². The van der Waals surface area contributed by atoms with E-state index < -0.39 is 0 Å². The van der Waals surface area contributed by atoms with Crippen LogP contribution in [0, 0.1) is 0 Å². The van der Waals surface area contributed by atoms with Crippen molar-refractivity contribution in [3.63, 3.8) is 0 Å². The number of nitrogens with zero attached hydrogens (tertiary/aromatic N) is 3. The van der Waals surface area contributed by atoms with Gasteiger partial charge in [0.05, 0.1) is 11.7 Å². The lowest BCUT2D eigenvalue weighted by Gasteiger charge is -2.14. The van der Waals surface area contributed by atoms with Gasteiger partial charge in [0.25, 0.3) is 11.5 Å². The fourth-order valence-corrected chi connectivity index (χ4v) is 3.05. The molecule has 29 heavy (non-hydrogen) atoms. The highest BCUT2D eigenvalue weighted by Crippen LogP contribution is 2.27. The Hall–Kier alpha value is -2.84. The number of carbonyl (C=O) groups excluding carboxylic acids is 1. The second kappa shape index (κ2) is 9.11. The zero-order valence-corrected chi connectivity index (χ0v) is 17.3. The predicted octanol–water partition coefficient (Wildman–Crippen LogP) is 3.38. The Balaban J connectivity index is 2.03. The number of likely N-dealkylation sites (N-methyl/N-ethyl adjacent to an activating group) is 1. The van der Waals surface area contributed by atoms with Crippen molar-refractivity contribution in [1.29, 1.82) is 0 Å². The van der Waals surface area contributed by atoms with Crippen LogP contribution in [-0.4, -0.2) is 34.1 Å². The summed E-state index contributed by atoms with van der Waals surface area (Å²) in [5.41, 5.74) is 1.16. The summed E-state index contributed by atoms with van der Waals surface area (Å²) in [6, 6.07) is 7.09. The number of fused-ring (bicyclic) bond motifs is 1. The van der Waals surface area contributed by atoms with E-state index in [1.54, 1.807) is 10.6 Å². The molecule has 0 atom stereocenters. The van der Waals surface area contributed by atoms with Crippen molar-refractivity contribution in [3.8, 4) is 5.75 Å². The van der Waals surface area contributed by atoms with Crippen molar-refractivity contribution in [1.82, 2.24) is 19.9 Å². The van der Waals surface area contributed by atoms with Crippen LogP contribution in [0.25, 0.3) is 10.9 Å². The van der Waals surface area contributed by atoms with E-state index in [1.807, 2.05) is 25.1 Å². The number of anilines is 2. The van der Waals surface area contributed by atoms with Gasteiger partial charge in [0.15, 0.2) is 18.2 Å². The SMILES string of the molecule is CCCn1c(=O)c(OCC(=O)NC)cc2cc(Nc3nc(Cl)ncc3Cl)ccc21. The lowest BCUT2D eigenvalue weighted by Crippen LogP contribution is -2.28. The van der Waals surface area contributed by atoms with Crippen LogP contribution in [0.5, 0.6) is 5.75 Å². The molecule has 0 saturated heterocycles. The zero-order valence-electron chi connectivity index (χ0n) is 15.8. The Morgan fingerprint density at radius 1 is 1.28 bits per heavy atom. The van der Waals surface area contributed by atoms with Crippen LogP contribution in [-0.2, 0) is 11.3 Å². The Morgan fingerprint density at radius 2 is 2.07 bits per heavy atom. The third-order valence-electron chi connectivity index (χ3n) is 4.12. The predicted molar refractivity (Wildman–Crippen MR) is 113 cm³/mol. The van der Waals surface area contributed by atoms with E-state index in [-0.39, 0.29) is 29.1 Å². The van der Waals surface area contributed by atoms with Gasteiger partial charge in [0.1, 0.15) is 5.02 Å². The van der Waals surface area contributed by atoms with Gasteiger partial charge < -0.3 is 19.9 Å². The summed E-state index contributed by atoms with van der Waals surface area (Å²) < 4.78 is 7.08. The minimum absolute atomic E-state index is 0.0689. The van der Waals surface area contributed by atoms with Crippen molar-refractivity contribution in [3.05, 3.63) is 51.1 Å². The van der Waals surface area contributed by atoms with Gasteiger partial charge in [-0.2, -0.15) is 4.98 Å². The zero-order chi connectivity index (χ0) is 21.0. The standard InChI is InChI=1S/C19H19Cl2N5O3/c1-3-6-26-14-5-4-12(24-17-13(20)9-23-19(21)25-17)7-11(14)8-15(18(26)28)29-10-16(27)22-2/h4-5,7-9H,3,6,10H2,1-2H3,(H,22,27)(H,23,24,25). The van der Waals surface area contributed by atoms with E-state index in [2.05, 4.69) is 20.6 Å². The molecule has 0 radical (unpaired) electrons. The average Bonchev–Trinajstić information content (AvgIpc) is 2.71. The molecule has 3 rings (SSSR count). The largest absolute Gasteiger partial charge is 0.478 e. The first-order chi connectivity index (χ1) is 13.9. The van der Waals surface area contributed by atoms with Crippen LogP contribution in [0.3, 0.4) is 0 Å². The molecule has 0 aliphatic rings. The number of pyridine rings is 1. The van der Waals surface area contributed by atoms with Gasteiger partial charge in [-0.05, 0) is 42.3 Å². The maximum Gasteiger partial charge on any atom is 0.293 e. The first-order valence-corrected chi connectivity index (χ1v) is 9.64. The van der Waals surface area contributed by atoms with Crippen molar-refractivity contribution in [2.75, 3.05) is 19.0 Å². The third kappa shape index (κ3) is 4.78. The number of hydrogen-bond donors (Lipinski definition) is 2. The summed E-state index contributed by atoms with van der Waals surface area (Å²) in [5, 5.41) is 6.69. The molecule has 0 unspecified atom stereocenters. The minimum atomic E-state index is -0.322. The number of aryl methyl sites for hydroxylation is 1. The molecule has 1 aromatic carbocycles. The summed E-state index contributed by atoms with van der Waals surface area (Å²) in [5.74, 6) is 0.149. The molecular weight excluding hydrogens is 417 g/mol. The molecule has 152 valence electrons. The molecule has 10 heteroatoms. The number of nitrogens with one attached hydrogen (secondary N) is 2. The van der Waals surface area contributed by atoms with E-state index >= 15 is 0 Å². The fraction of sp³-hybridized carbons (Fsp3) is 0.263. The highest BCUT2D eigenvalue weighted by molar-refractivity contribution is 6.33. The van der Waals surface area contributed by atoms with Gasteiger partial charge >= 0.3 is 0 Å². The maximum atomic E-state index is 12.8. The third-order valence-corrected chi connectivity index (χ3v) is 4.58. The average molecular weight is 436 g/mol. The van der Waals surface area contributed by atoms with Crippen molar-refractivity contribution < 1.29 is 9.53 Å². The number of amides is 1. The normalized spacial score (nSPS) is 10.8. The van der Waals surface area contributed by atoms with E-state index in [9.17, 15) is 9.59 Å². The highest BCUT2D eigenvalue weighted by Gasteiger charge is 2.13. The number of ether oxygens (including phenoxy) is 1. The monoisotopic (exact) mass is 435 g/mol. The summed E-state index contributed by atoms with van der Waals surface area (Å²) >= 11 is 11.9. The lowest BCUT2D eigenvalue weighted by molar-refractivity contribution is -0.122. The Labute approximate surface area is 176 Å². The first kappa shape index (κ1) is 20.9. The molecule has 2 N–H and O–H groups in total. The summed E-state index contributed by atoms with van der Waals surface area (Å²) in [6.45, 7) is 2.26. The van der Waals surface area contributed by atoms with Gasteiger partial charge in [0.2, 0.25) is 5.28 Å². The van der Waals surface area contributed by atoms with Crippen molar-refractivity contribution in [2.45, 2.75) is 19.9 Å². The van der Waals surface area contributed by atoms with Gasteiger partial charge in [-0.15, -0.1) is 0 Å². The summed E-state index contributed by atoms with van der Waals surface area (Å²) in [7, 11) is 1.50. The van der Waals surface area contributed by atoms with E-state index in [4.69, 9.17) is 27.9 Å². The van der Waals surface area contributed by atoms with Gasteiger partial charge in [-0.1, -0.05) is 18.5 Å². The summed E-state index contributed by atoms with van der Waals surface area (Å²) in [6.07, 6.45) is 2.17. The van der Waals surface area contributed by atoms with E-state index in [1.165, 1.54) is 13.2 Å². The van der Waals surface area contributed by atoms with Crippen LogP contribution < -0.4 is 20.9 Å². The quantitative estimate of drug-likeness (QED) is 0.551. The molecule has 0 bridgehead atoms. The van der Waals surface area contributed by atoms with Gasteiger partial charge in [-0.3, -0.25) is 9.59 Å². The van der Waals surface area contributed by atoms with Crippen LogP contribution in [0.2, 0.25) is 10.3 Å². The maximum absolute atomic E-state index is 12.8. The first-order valence-electron chi connectivity index (χ1n) is 8.89. The van der Waals surface area contributed by atoms with E-state index in [0.717, 1.165) is 17.3 Å². The number of carbonyl (C=O) groups is 1. The minimum Gasteiger partial charge on any atom is -0.478 e. The second-order valence-electron chi connectivity index (χ2n) is 6.16. The molecule has 0 fully saturated rings. The van der Waals surface area contributed by atoms with Crippen molar-refractivity contribution in [2.24, 2.45) is 0 Å². The molecule has 0 aliphatic carbocycles. The number of hydrogen-bond acceptors (Lipinski definition) is 6. The number of halogens is 2. The van der Waals surface area contributed by atoms with Crippen molar-refractivity contribution >= 4 is 51.5 Å². The van der Waals surface area contributed by atoms with E-state index in [0.29, 0.717) is 23.1 Å². The molecule has 0 spiro atoms. The molecule has 0 aliphatic heterocycles. The van der Waals surface area contributed by atoms with Crippen LogP contribution >= 0.6 is 23.2 Å². The lowest BCUT2D eigenvalue weighted by atomic mass is 10.1. The molecule has 0 saturated carbocycles. The molecule has 2 aromatic heterocycles. The van der Waals surface area contributed by atoms with Gasteiger partial charge in [-0.25, -0.2) is 4.98 Å². The molecule has 3 aromatic rings. The summed E-state index contributed by atoms with van der Waals surface area (Å²) in [4.78, 5) is 32.2. The Kier molecular flexibility index (Phi) is 6.56. The molecule has 8 nitrogen and oxygen atoms in total.